The van der Waals surface area contributed by atoms with E-state index in [-0.39, 0.29) is 11.3 Å². The predicted molar refractivity (Wildman–Crippen MR) is 62.7 cm³/mol. The van der Waals surface area contributed by atoms with Crippen molar-refractivity contribution >= 4 is 17.7 Å². The first kappa shape index (κ1) is 11.8. The summed E-state index contributed by atoms with van der Waals surface area (Å²) in [5.41, 5.74) is 1.15. The minimum absolute atomic E-state index is 0.211. The van der Waals surface area contributed by atoms with Gasteiger partial charge in [0.2, 0.25) is 6.08 Å². The molecule has 90 valence electrons. The summed E-state index contributed by atoms with van der Waals surface area (Å²) in [6.45, 7) is 0. The van der Waals surface area contributed by atoms with Crippen LogP contribution in [0.4, 0.5) is 5.69 Å². The zero-order valence-electron chi connectivity index (χ0n) is 9.53. The lowest BCUT2D eigenvalue weighted by molar-refractivity contribution is 0.0602. The van der Waals surface area contributed by atoms with Crippen molar-refractivity contribution < 1.29 is 14.3 Å². The molecule has 0 aliphatic carbocycles. The number of hydrogen-bond donors (Lipinski definition) is 0. The summed E-state index contributed by atoms with van der Waals surface area (Å²) in [5.74, 6) is -0.554. The van der Waals surface area contributed by atoms with Crippen molar-refractivity contribution in [1.82, 2.24) is 9.55 Å². The van der Waals surface area contributed by atoms with Gasteiger partial charge < -0.3 is 9.30 Å². The summed E-state index contributed by atoms with van der Waals surface area (Å²) in [6, 6.07) is 4.83. The van der Waals surface area contributed by atoms with Crippen molar-refractivity contribution in [3.05, 3.63) is 42.5 Å². The molecule has 18 heavy (non-hydrogen) atoms. The lowest BCUT2D eigenvalue weighted by Gasteiger charge is -2.06. The number of ether oxygens (including phenoxy) is 1. The van der Waals surface area contributed by atoms with Crippen LogP contribution in [0.1, 0.15) is 10.4 Å². The van der Waals surface area contributed by atoms with Gasteiger partial charge in [-0.25, -0.2) is 14.6 Å². The maximum atomic E-state index is 11.5. The third-order valence-corrected chi connectivity index (χ3v) is 2.36. The molecule has 0 aliphatic heterocycles. The second-order valence-electron chi connectivity index (χ2n) is 3.37. The van der Waals surface area contributed by atoms with Crippen molar-refractivity contribution in [3.8, 4) is 5.69 Å². The highest BCUT2D eigenvalue weighted by molar-refractivity contribution is 5.95. The number of methoxy groups -OCH3 is 1. The molecule has 0 N–H and O–H groups in total. The minimum atomic E-state index is -0.554. The molecular formula is C12H9N3O3. The van der Waals surface area contributed by atoms with Crippen LogP contribution in [0.5, 0.6) is 0 Å². The third kappa shape index (κ3) is 2.18. The molecule has 0 spiro atoms. The number of isocyanates is 1. The van der Waals surface area contributed by atoms with Crippen molar-refractivity contribution in [2.45, 2.75) is 0 Å². The topological polar surface area (TPSA) is 73.6 Å². The van der Waals surface area contributed by atoms with E-state index < -0.39 is 5.97 Å². The van der Waals surface area contributed by atoms with Crippen LogP contribution in [0, 0.1) is 0 Å². The fourth-order valence-corrected chi connectivity index (χ4v) is 1.52. The van der Waals surface area contributed by atoms with Crippen molar-refractivity contribution in [2.24, 2.45) is 4.99 Å². The minimum Gasteiger partial charge on any atom is -0.465 e. The van der Waals surface area contributed by atoms with Gasteiger partial charge in [-0.15, -0.1) is 0 Å². The molecule has 1 heterocycles. The van der Waals surface area contributed by atoms with E-state index in [4.69, 9.17) is 0 Å². The number of rotatable bonds is 3. The van der Waals surface area contributed by atoms with Crippen LogP contribution in [-0.4, -0.2) is 28.7 Å². The van der Waals surface area contributed by atoms with Crippen LogP contribution in [0.2, 0.25) is 0 Å². The van der Waals surface area contributed by atoms with Gasteiger partial charge in [-0.3, -0.25) is 0 Å². The Morgan fingerprint density at radius 1 is 1.50 bits per heavy atom. The van der Waals surface area contributed by atoms with E-state index in [0.717, 1.165) is 5.69 Å². The molecule has 0 bridgehead atoms. The van der Waals surface area contributed by atoms with Crippen LogP contribution >= 0.6 is 0 Å². The molecule has 6 nitrogen and oxygen atoms in total. The first-order chi connectivity index (χ1) is 8.76. The molecule has 1 aromatic heterocycles. The summed E-state index contributed by atoms with van der Waals surface area (Å²) < 4.78 is 6.33. The Balaban J connectivity index is 2.53. The first-order valence-electron chi connectivity index (χ1n) is 5.05. The Hall–Kier alpha value is -2.72. The lowest BCUT2D eigenvalue weighted by Crippen LogP contribution is -2.02. The van der Waals surface area contributed by atoms with E-state index in [0.29, 0.717) is 0 Å². The number of nitrogens with zero attached hydrogens (tertiary/aromatic N) is 3. The molecule has 2 rings (SSSR count). The predicted octanol–water partition coefficient (Wildman–Crippen LogP) is 1.63. The number of aromatic nitrogens is 2. The molecule has 0 fully saturated rings. The van der Waals surface area contributed by atoms with Crippen LogP contribution < -0.4 is 0 Å². The van der Waals surface area contributed by atoms with Crippen molar-refractivity contribution in [2.75, 3.05) is 7.11 Å². The highest BCUT2D eigenvalue weighted by atomic mass is 16.5. The van der Waals surface area contributed by atoms with Gasteiger partial charge in [0, 0.05) is 18.1 Å². The molecule has 0 atom stereocenters. The standard InChI is InChI=1S/C12H9N3O3/c1-18-12(17)10-3-2-9(6-11(10)14-8-16)15-5-4-13-7-15/h2-7H,1H3. The zero-order chi connectivity index (χ0) is 13.0. The molecule has 6 heteroatoms. The molecule has 0 aliphatic rings. The van der Waals surface area contributed by atoms with Crippen molar-refractivity contribution in [1.29, 1.82) is 0 Å². The maximum Gasteiger partial charge on any atom is 0.340 e. The second kappa shape index (κ2) is 5.07. The van der Waals surface area contributed by atoms with E-state index in [2.05, 4.69) is 14.7 Å². The van der Waals surface area contributed by atoms with Crippen LogP contribution in [-0.2, 0) is 9.53 Å². The summed E-state index contributed by atoms with van der Waals surface area (Å²) >= 11 is 0. The number of aliphatic imine (C=N–C) groups is 1. The van der Waals surface area contributed by atoms with Gasteiger partial charge in [0.1, 0.15) is 0 Å². The fraction of sp³-hybridized carbons (Fsp3) is 0.0833. The van der Waals surface area contributed by atoms with Gasteiger partial charge in [0.15, 0.2) is 0 Å². The number of imidazole rings is 1. The van der Waals surface area contributed by atoms with E-state index in [1.807, 2.05) is 0 Å². The average molecular weight is 243 g/mol. The van der Waals surface area contributed by atoms with Crippen LogP contribution in [0.25, 0.3) is 5.69 Å². The zero-order valence-corrected chi connectivity index (χ0v) is 9.53. The normalized spacial score (nSPS) is 9.61. The maximum absolute atomic E-state index is 11.5. The Morgan fingerprint density at radius 3 is 2.94 bits per heavy atom. The third-order valence-electron chi connectivity index (χ3n) is 2.36. The van der Waals surface area contributed by atoms with E-state index in [1.165, 1.54) is 19.3 Å². The summed E-state index contributed by atoms with van der Waals surface area (Å²) in [7, 11) is 1.26. The van der Waals surface area contributed by atoms with Gasteiger partial charge in [-0.05, 0) is 18.2 Å². The number of carbonyl (C=O) groups is 1. The average Bonchev–Trinajstić information content (AvgIpc) is 2.92. The molecule has 0 amide bonds. The van der Waals surface area contributed by atoms with Gasteiger partial charge in [0.05, 0.1) is 24.7 Å². The quantitative estimate of drug-likeness (QED) is 0.466. The number of esters is 1. The lowest BCUT2D eigenvalue weighted by atomic mass is 10.1. The number of benzene rings is 1. The Bertz CT molecular complexity index is 614. The Morgan fingerprint density at radius 2 is 2.33 bits per heavy atom. The summed E-state index contributed by atoms with van der Waals surface area (Å²) in [4.78, 5) is 29.3. The van der Waals surface area contributed by atoms with Gasteiger partial charge in [0.25, 0.3) is 0 Å². The largest absolute Gasteiger partial charge is 0.465 e. The molecule has 0 saturated carbocycles. The SMILES string of the molecule is COC(=O)c1ccc(-n2ccnc2)cc1N=C=O. The molecule has 0 radical (unpaired) electrons. The van der Waals surface area contributed by atoms with Gasteiger partial charge >= 0.3 is 5.97 Å². The number of carbonyl (C=O) groups excluding carboxylic acids is 2. The highest BCUT2D eigenvalue weighted by Gasteiger charge is 2.12. The molecule has 0 unspecified atom stereocenters. The van der Waals surface area contributed by atoms with Gasteiger partial charge in [-0.2, -0.15) is 4.99 Å². The monoisotopic (exact) mass is 243 g/mol. The fourth-order valence-electron chi connectivity index (χ4n) is 1.52. The molecule has 1 aromatic carbocycles. The molecule has 2 aromatic rings. The Kier molecular flexibility index (Phi) is 3.31. The van der Waals surface area contributed by atoms with Crippen molar-refractivity contribution in [3.63, 3.8) is 0 Å². The summed E-state index contributed by atoms with van der Waals surface area (Å²) in [5, 5.41) is 0. The van der Waals surface area contributed by atoms with Crippen LogP contribution in [0.15, 0.2) is 41.9 Å². The molecule has 0 saturated heterocycles. The first-order valence-corrected chi connectivity index (χ1v) is 5.05. The molecular weight excluding hydrogens is 234 g/mol. The van der Waals surface area contributed by atoms with E-state index >= 15 is 0 Å². The highest BCUT2D eigenvalue weighted by Crippen LogP contribution is 2.23. The number of hydrogen-bond acceptors (Lipinski definition) is 5. The summed E-state index contributed by atoms with van der Waals surface area (Å²) in [6.07, 6.45) is 6.38. The van der Waals surface area contributed by atoms with Crippen LogP contribution in [0.3, 0.4) is 0 Å². The smallest absolute Gasteiger partial charge is 0.340 e. The Labute approximate surface area is 103 Å². The van der Waals surface area contributed by atoms with E-state index in [1.54, 1.807) is 35.4 Å². The van der Waals surface area contributed by atoms with Gasteiger partial charge in [-0.1, -0.05) is 0 Å². The second-order valence-corrected chi connectivity index (χ2v) is 3.37. The van der Waals surface area contributed by atoms with E-state index in [9.17, 15) is 9.59 Å².